The van der Waals surface area contributed by atoms with Crippen molar-refractivity contribution in [3.8, 4) is 5.75 Å². The van der Waals surface area contributed by atoms with Gasteiger partial charge in [0.15, 0.2) is 11.6 Å². The highest BCUT2D eigenvalue weighted by Gasteiger charge is 2.34. The molecule has 4 nitrogen and oxygen atoms in total. The number of halogens is 3. The molecule has 2 heterocycles. The quantitative estimate of drug-likeness (QED) is 0.465. The third kappa shape index (κ3) is 3.73. The number of nitrogens with zero attached hydrogens (tertiary/aromatic N) is 1. The van der Waals surface area contributed by atoms with Crippen molar-refractivity contribution >= 4 is 28.4 Å². The van der Waals surface area contributed by atoms with E-state index in [1.54, 1.807) is 0 Å². The monoisotopic (exact) mass is 446 g/mol. The highest BCUT2D eigenvalue weighted by Crippen LogP contribution is 2.43. The summed E-state index contributed by atoms with van der Waals surface area (Å²) >= 11 is 1.04. The minimum atomic E-state index is -1.23. The van der Waals surface area contributed by atoms with Crippen LogP contribution in [0.5, 0.6) is 5.75 Å². The molecule has 0 radical (unpaired) electrons. The van der Waals surface area contributed by atoms with E-state index in [-0.39, 0.29) is 10.8 Å². The molecule has 0 aliphatic carbocycles. The normalized spacial score (nSPS) is 21.1. The van der Waals surface area contributed by atoms with E-state index >= 15 is 0 Å². The van der Waals surface area contributed by atoms with Gasteiger partial charge in [0, 0.05) is 36.0 Å². The van der Waals surface area contributed by atoms with E-state index < -0.39 is 23.6 Å². The molecule has 162 valence electrons. The number of anilines is 1. The van der Waals surface area contributed by atoms with Crippen molar-refractivity contribution in [2.45, 2.75) is 17.8 Å². The predicted octanol–water partition coefficient (Wildman–Crippen LogP) is 4.75. The molecule has 1 fully saturated rings. The second-order valence-electron chi connectivity index (χ2n) is 7.75. The summed E-state index contributed by atoms with van der Waals surface area (Å²) in [4.78, 5) is 2.29. The Hall–Kier alpha value is -2.42. The van der Waals surface area contributed by atoms with Crippen LogP contribution in [0.4, 0.5) is 18.9 Å². The number of hydrogen-bond acceptors (Lipinski definition) is 5. The van der Waals surface area contributed by atoms with Crippen LogP contribution < -0.4 is 14.8 Å². The van der Waals surface area contributed by atoms with E-state index in [1.807, 2.05) is 12.1 Å². The van der Waals surface area contributed by atoms with Crippen molar-refractivity contribution in [2.75, 3.05) is 31.2 Å². The first kappa shape index (κ1) is 20.5. The van der Waals surface area contributed by atoms with Crippen molar-refractivity contribution in [1.82, 2.24) is 0 Å². The van der Waals surface area contributed by atoms with Crippen molar-refractivity contribution in [2.24, 2.45) is 5.14 Å². The van der Waals surface area contributed by atoms with E-state index in [2.05, 4.69) is 23.1 Å². The van der Waals surface area contributed by atoms with Crippen molar-refractivity contribution in [3.05, 3.63) is 71.0 Å². The lowest BCUT2D eigenvalue weighted by atomic mass is 9.92. The van der Waals surface area contributed by atoms with Crippen molar-refractivity contribution in [3.63, 3.8) is 0 Å². The van der Waals surface area contributed by atoms with Gasteiger partial charge >= 0.3 is 0 Å². The first-order valence-electron chi connectivity index (χ1n) is 10.1. The third-order valence-corrected chi connectivity index (χ3v) is 6.73. The molecule has 1 saturated heterocycles. The molecule has 2 N–H and O–H groups in total. The van der Waals surface area contributed by atoms with Crippen LogP contribution in [0.2, 0.25) is 0 Å². The van der Waals surface area contributed by atoms with E-state index in [9.17, 15) is 13.2 Å². The molecule has 2 atom stereocenters. The van der Waals surface area contributed by atoms with Gasteiger partial charge in [-0.2, -0.15) is 0 Å². The van der Waals surface area contributed by atoms with Crippen LogP contribution in [0, 0.1) is 17.5 Å². The van der Waals surface area contributed by atoms with Gasteiger partial charge in [0.05, 0.1) is 18.5 Å². The Balaban J connectivity index is 1.52. The maximum atomic E-state index is 14.4. The largest absolute Gasteiger partial charge is 0.484 e. The number of rotatable bonds is 3. The third-order valence-electron chi connectivity index (χ3n) is 5.97. The summed E-state index contributed by atoms with van der Waals surface area (Å²) in [6.07, 6.45) is -0.295. The first-order chi connectivity index (χ1) is 15.0. The van der Waals surface area contributed by atoms with Gasteiger partial charge in [-0.3, -0.25) is 5.14 Å². The molecule has 8 heteroatoms. The fraction of sp³-hybridized carbons (Fsp3) is 0.304. The van der Waals surface area contributed by atoms with Gasteiger partial charge in [-0.15, -0.1) is 0 Å². The summed E-state index contributed by atoms with van der Waals surface area (Å²) in [7, 11) is 0. The first-order valence-corrected chi connectivity index (χ1v) is 11.0. The van der Waals surface area contributed by atoms with Crippen LogP contribution >= 0.6 is 11.9 Å². The average Bonchev–Trinajstić information content (AvgIpc) is 2.80. The zero-order valence-corrected chi connectivity index (χ0v) is 17.4. The number of fused-ring (bicyclic) bond motifs is 3. The van der Waals surface area contributed by atoms with Gasteiger partial charge in [-0.05, 0) is 41.5 Å². The molecule has 0 aromatic heterocycles. The lowest BCUT2D eigenvalue weighted by molar-refractivity contribution is 0.122. The van der Waals surface area contributed by atoms with Crippen molar-refractivity contribution < 1.29 is 22.6 Å². The number of morpholine rings is 1. The number of nitrogens with two attached hydrogens (primary N) is 1. The summed E-state index contributed by atoms with van der Waals surface area (Å²) in [5.41, 5.74) is 2.09. The fourth-order valence-electron chi connectivity index (χ4n) is 4.36. The summed E-state index contributed by atoms with van der Waals surface area (Å²) in [5, 5.41) is 7.66. The van der Waals surface area contributed by atoms with E-state index in [0.717, 1.165) is 53.1 Å². The number of benzene rings is 3. The van der Waals surface area contributed by atoms with Crippen LogP contribution in [0.1, 0.15) is 17.2 Å². The minimum absolute atomic E-state index is 0.0322. The molecule has 5 rings (SSSR count). The smallest absolute Gasteiger partial charge is 0.161 e. The van der Waals surface area contributed by atoms with Gasteiger partial charge in [0.25, 0.3) is 0 Å². The Morgan fingerprint density at radius 2 is 1.71 bits per heavy atom. The molecule has 31 heavy (non-hydrogen) atoms. The van der Waals surface area contributed by atoms with E-state index in [0.29, 0.717) is 31.5 Å². The van der Waals surface area contributed by atoms with Crippen LogP contribution in [-0.2, 0) is 11.2 Å². The summed E-state index contributed by atoms with van der Waals surface area (Å²) in [6, 6.07) is 11.5. The average molecular weight is 446 g/mol. The molecule has 2 aliphatic rings. The van der Waals surface area contributed by atoms with E-state index in [1.165, 1.54) is 0 Å². The standard InChI is InChI=1S/C23H21F3N2O2S/c24-18-12-20(26)19(25)10-17(18)23-22(31-27)11-16-15-3-2-14(28-5-7-29-8-6-28)9-13(15)1-4-21(16)30-23/h1-4,9-10,12,22-23H,5-8,11,27H2. The Bertz CT molecular complexity index is 1140. The Kier molecular flexibility index (Phi) is 5.45. The van der Waals surface area contributed by atoms with Crippen LogP contribution in [0.3, 0.4) is 0 Å². The maximum absolute atomic E-state index is 14.4. The molecule has 2 aliphatic heterocycles. The van der Waals surface area contributed by atoms with Gasteiger partial charge in [0.2, 0.25) is 0 Å². The fourth-order valence-corrected chi connectivity index (χ4v) is 4.97. The zero-order valence-electron chi connectivity index (χ0n) is 16.6. The van der Waals surface area contributed by atoms with Crippen LogP contribution in [0.25, 0.3) is 10.8 Å². The molecule has 3 aromatic rings. The zero-order chi connectivity index (χ0) is 21.5. The molecule has 2 unspecified atom stereocenters. The highest BCUT2D eigenvalue weighted by molar-refractivity contribution is 7.97. The Morgan fingerprint density at radius 1 is 0.935 bits per heavy atom. The van der Waals surface area contributed by atoms with E-state index in [4.69, 9.17) is 14.6 Å². The minimum Gasteiger partial charge on any atom is -0.484 e. The highest BCUT2D eigenvalue weighted by atomic mass is 32.2. The summed E-state index contributed by atoms with van der Waals surface area (Å²) in [6.45, 7) is 3.14. The second-order valence-corrected chi connectivity index (χ2v) is 8.63. The topological polar surface area (TPSA) is 47.7 Å². The number of hydrogen-bond donors (Lipinski definition) is 1. The Morgan fingerprint density at radius 3 is 2.48 bits per heavy atom. The summed E-state index contributed by atoms with van der Waals surface area (Å²) < 4.78 is 53.1. The molecule has 0 bridgehead atoms. The van der Waals surface area contributed by atoms with Crippen molar-refractivity contribution in [1.29, 1.82) is 0 Å². The molecule has 0 spiro atoms. The lowest BCUT2D eigenvalue weighted by Crippen LogP contribution is -2.36. The van der Waals surface area contributed by atoms with Crippen LogP contribution in [-0.4, -0.2) is 31.6 Å². The second kappa shape index (κ2) is 8.26. The van der Waals surface area contributed by atoms with Gasteiger partial charge in [0.1, 0.15) is 17.7 Å². The van der Waals surface area contributed by atoms with Crippen LogP contribution in [0.15, 0.2) is 42.5 Å². The molecule has 0 amide bonds. The maximum Gasteiger partial charge on any atom is 0.161 e. The molecule has 0 saturated carbocycles. The Labute approximate surface area is 182 Å². The molecule has 3 aromatic carbocycles. The predicted molar refractivity (Wildman–Crippen MR) is 116 cm³/mol. The SMILES string of the molecule is NSC1Cc2c(ccc3cc(N4CCOCC4)ccc23)OC1c1cc(F)c(F)cc1F. The summed E-state index contributed by atoms with van der Waals surface area (Å²) in [5.74, 6) is -2.58. The molecular weight excluding hydrogens is 425 g/mol. The lowest BCUT2D eigenvalue weighted by Gasteiger charge is -2.34. The molecular formula is C23H21F3N2O2S. The van der Waals surface area contributed by atoms with Gasteiger partial charge < -0.3 is 14.4 Å². The number of ether oxygens (including phenoxy) is 2. The van der Waals surface area contributed by atoms with Gasteiger partial charge in [-0.25, -0.2) is 13.2 Å². The van der Waals surface area contributed by atoms with Gasteiger partial charge in [-0.1, -0.05) is 24.1 Å².